The number of hydrogen-bond acceptors (Lipinski definition) is 5. The van der Waals surface area contributed by atoms with Crippen molar-refractivity contribution in [2.75, 3.05) is 7.11 Å². The van der Waals surface area contributed by atoms with E-state index in [2.05, 4.69) is 0 Å². The number of furan rings is 2. The third-order valence-electron chi connectivity index (χ3n) is 5.98. The zero-order chi connectivity index (χ0) is 20.0. The molecule has 0 radical (unpaired) electrons. The molecule has 0 aliphatic heterocycles. The molecule has 2 aromatic heterocycles. The van der Waals surface area contributed by atoms with Gasteiger partial charge in [0.2, 0.25) is 0 Å². The van der Waals surface area contributed by atoms with Crippen molar-refractivity contribution in [2.45, 2.75) is 18.4 Å². The van der Waals surface area contributed by atoms with Gasteiger partial charge in [-0.1, -0.05) is 30.3 Å². The van der Waals surface area contributed by atoms with Crippen LogP contribution in [0.25, 0.3) is 17.2 Å². The summed E-state index contributed by atoms with van der Waals surface area (Å²) >= 11 is 0. The average molecular weight is 388 g/mol. The van der Waals surface area contributed by atoms with Crippen LogP contribution in [0.1, 0.15) is 35.0 Å². The number of rotatable bonds is 3. The third kappa shape index (κ3) is 2.54. The van der Waals surface area contributed by atoms with Gasteiger partial charge in [-0.2, -0.15) is 0 Å². The van der Waals surface area contributed by atoms with Gasteiger partial charge < -0.3 is 18.7 Å². The monoisotopic (exact) mass is 388 g/mol. The van der Waals surface area contributed by atoms with Gasteiger partial charge in [0.25, 0.3) is 0 Å². The summed E-state index contributed by atoms with van der Waals surface area (Å²) in [5, 5.41) is 10.9. The number of ether oxygens (including phenoxy) is 1. The van der Waals surface area contributed by atoms with Crippen molar-refractivity contribution in [2.24, 2.45) is 5.41 Å². The van der Waals surface area contributed by atoms with Crippen molar-refractivity contribution in [1.29, 1.82) is 0 Å². The first-order valence-electron chi connectivity index (χ1n) is 9.53. The van der Waals surface area contributed by atoms with Crippen LogP contribution in [0.5, 0.6) is 0 Å². The molecule has 29 heavy (non-hydrogen) atoms. The van der Waals surface area contributed by atoms with Crippen LogP contribution in [-0.4, -0.2) is 24.3 Å². The maximum atomic E-state index is 13.3. The highest BCUT2D eigenvalue weighted by Gasteiger charge is 2.57. The van der Waals surface area contributed by atoms with Crippen molar-refractivity contribution in [3.63, 3.8) is 0 Å². The molecule has 5 heteroatoms. The lowest BCUT2D eigenvalue weighted by Gasteiger charge is -2.38. The molecule has 0 spiro atoms. The molecule has 0 amide bonds. The first-order chi connectivity index (χ1) is 14.1. The van der Waals surface area contributed by atoms with Crippen molar-refractivity contribution >= 4 is 23.2 Å². The van der Waals surface area contributed by atoms with Gasteiger partial charge in [0.05, 0.1) is 25.7 Å². The van der Waals surface area contributed by atoms with Crippen molar-refractivity contribution in [3.05, 3.63) is 89.8 Å². The number of aliphatic hydroxyl groups excluding tert-OH is 1. The van der Waals surface area contributed by atoms with Gasteiger partial charge in [-0.3, -0.25) is 4.79 Å². The van der Waals surface area contributed by atoms with Gasteiger partial charge in [0, 0.05) is 11.5 Å². The summed E-state index contributed by atoms with van der Waals surface area (Å²) in [5.74, 6) is 0.582. The Labute approximate surface area is 167 Å². The second-order valence-electron chi connectivity index (χ2n) is 7.40. The van der Waals surface area contributed by atoms with Crippen molar-refractivity contribution in [1.82, 2.24) is 0 Å². The second-order valence-corrected chi connectivity index (χ2v) is 7.40. The Morgan fingerprint density at radius 3 is 2.66 bits per heavy atom. The molecule has 2 heterocycles. The number of hydrogen-bond donors (Lipinski definition) is 1. The Morgan fingerprint density at radius 1 is 1.14 bits per heavy atom. The number of carbonyl (C=O) groups is 1. The van der Waals surface area contributed by atoms with Crippen LogP contribution in [-0.2, 0) is 9.53 Å². The van der Waals surface area contributed by atoms with E-state index in [1.165, 1.54) is 7.11 Å². The van der Waals surface area contributed by atoms with Crippen molar-refractivity contribution < 1.29 is 23.5 Å². The van der Waals surface area contributed by atoms with Gasteiger partial charge in [0.1, 0.15) is 16.9 Å². The fraction of sp³-hybridized carbons (Fsp3) is 0.208. The van der Waals surface area contributed by atoms with Crippen molar-refractivity contribution in [3.8, 4) is 0 Å². The van der Waals surface area contributed by atoms with Crippen LogP contribution in [0.4, 0.5) is 0 Å². The minimum Gasteiger partial charge on any atom is -0.468 e. The van der Waals surface area contributed by atoms with Crippen LogP contribution >= 0.6 is 0 Å². The number of aliphatic hydroxyl groups is 1. The van der Waals surface area contributed by atoms with E-state index in [-0.39, 0.29) is 11.9 Å². The van der Waals surface area contributed by atoms with E-state index in [0.717, 1.165) is 16.7 Å². The molecule has 0 bridgehead atoms. The Hall–Kier alpha value is -3.31. The summed E-state index contributed by atoms with van der Waals surface area (Å²) < 4.78 is 16.4. The lowest BCUT2D eigenvalue weighted by Crippen LogP contribution is -2.39. The van der Waals surface area contributed by atoms with E-state index in [0.29, 0.717) is 23.5 Å². The van der Waals surface area contributed by atoms with Gasteiger partial charge in [-0.05, 0) is 53.5 Å². The van der Waals surface area contributed by atoms with E-state index < -0.39 is 11.5 Å². The standard InChI is InChI=1S/C24H20O5/c1-27-23(26)24-14-18(22-9-5-11-29-22)21(25)13-20(24)17-8-3-2-7-16(17)19(24)12-15-6-4-10-28-15/h2-12,14,20-21,25H,13H2,1H3/b19-12+/t20-,21+,24-/m1/s1. The van der Waals surface area contributed by atoms with Gasteiger partial charge >= 0.3 is 5.97 Å². The predicted octanol–water partition coefficient (Wildman–Crippen LogP) is 4.52. The molecular formula is C24H20O5. The van der Waals surface area contributed by atoms with Crippen LogP contribution in [0.3, 0.4) is 0 Å². The SMILES string of the molecule is COC(=O)[C@@]12C=C(c3ccco3)[C@@H](O)C[C@@H]1c1ccccc1/C2=C\c1ccco1. The number of carbonyl (C=O) groups excluding carboxylic acids is 1. The quantitative estimate of drug-likeness (QED) is 0.668. The summed E-state index contributed by atoms with van der Waals surface area (Å²) in [6.45, 7) is 0. The molecular weight excluding hydrogens is 368 g/mol. The van der Waals surface area contributed by atoms with E-state index in [9.17, 15) is 9.90 Å². The second kappa shape index (κ2) is 6.64. The maximum absolute atomic E-state index is 13.3. The molecule has 3 atom stereocenters. The Bertz CT molecular complexity index is 1100. The normalized spacial score (nSPS) is 26.7. The fourth-order valence-corrected chi connectivity index (χ4v) is 4.76. The molecule has 146 valence electrons. The number of esters is 1. The summed E-state index contributed by atoms with van der Waals surface area (Å²) in [6, 6.07) is 15.1. The molecule has 3 aromatic rings. The lowest BCUT2D eigenvalue weighted by atomic mass is 9.65. The number of methoxy groups -OCH3 is 1. The third-order valence-corrected chi connectivity index (χ3v) is 5.98. The minimum atomic E-state index is -1.08. The Morgan fingerprint density at radius 2 is 1.93 bits per heavy atom. The molecule has 2 aliphatic rings. The van der Waals surface area contributed by atoms with E-state index >= 15 is 0 Å². The zero-order valence-electron chi connectivity index (χ0n) is 15.9. The van der Waals surface area contributed by atoms with Crippen LogP contribution in [0, 0.1) is 5.41 Å². The average Bonchev–Trinajstić information content (AvgIpc) is 3.49. The summed E-state index contributed by atoms with van der Waals surface area (Å²) in [4.78, 5) is 13.3. The van der Waals surface area contributed by atoms with E-state index in [4.69, 9.17) is 13.6 Å². The molecule has 0 unspecified atom stereocenters. The Balaban J connectivity index is 1.82. The Kier molecular flexibility index (Phi) is 4.07. The van der Waals surface area contributed by atoms with Crippen LogP contribution in [0.15, 0.2) is 76.0 Å². The molecule has 1 aromatic carbocycles. The highest BCUT2D eigenvalue weighted by molar-refractivity contribution is 6.06. The number of fused-ring (bicyclic) bond motifs is 3. The van der Waals surface area contributed by atoms with Crippen LogP contribution < -0.4 is 0 Å². The van der Waals surface area contributed by atoms with E-state index in [1.807, 2.05) is 48.6 Å². The zero-order valence-corrected chi connectivity index (χ0v) is 15.9. The predicted molar refractivity (Wildman–Crippen MR) is 108 cm³/mol. The molecule has 5 rings (SSSR count). The highest BCUT2D eigenvalue weighted by atomic mass is 16.5. The largest absolute Gasteiger partial charge is 0.468 e. The van der Waals surface area contributed by atoms with E-state index in [1.54, 1.807) is 24.7 Å². The molecule has 5 nitrogen and oxygen atoms in total. The fourth-order valence-electron chi connectivity index (χ4n) is 4.76. The topological polar surface area (TPSA) is 72.8 Å². The molecule has 0 fully saturated rings. The summed E-state index contributed by atoms with van der Waals surface area (Å²) in [5.41, 5.74) is 2.30. The molecule has 1 N–H and O–H groups in total. The smallest absolute Gasteiger partial charge is 0.320 e. The van der Waals surface area contributed by atoms with Gasteiger partial charge in [-0.15, -0.1) is 0 Å². The minimum absolute atomic E-state index is 0.249. The molecule has 0 saturated heterocycles. The van der Waals surface area contributed by atoms with Crippen LogP contribution in [0.2, 0.25) is 0 Å². The summed E-state index contributed by atoms with van der Waals surface area (Å²) in [7, 11) is 1.40. The lowest BCUT2D eigenvalue weighted by molar-refractivity contribution is -0.148. The van der Waals surface area contributed by atoms with Gasteiger partial charge in [0.15, 0.2) is 0 Å². The number of benzene rings is 1. The maximum Gasteiger partial charge on any atom is 0.320 e. The summed E-state index contributed by atoms with van der Waals surface area (Å²) in [6.07, 6.45) is 6.51. The first kappa shape index (κ1) is 17.8. The highest BCUT2D eigenvalue weighted by Crippen LogP contribution is 2.62. The first-order valence-corrected chi connectivity index (χ1v) is 9.53. The molecule has 2 aliphatic carbocycles. The molecule has 0 saturated carbocycles. The van der Waals surface area contributed by atoms with Gasteiger partial charge in [-0.25, -0.2) is 0 Å².